The molecule has 5 atom stereocenters. The Kier molecular flexibility index (Phi) is 13.7. The summed E-state index contributed by atoms with van der Waals surface area (Å²) >= 11 is 4.57. The van der Waals surface area contributed by atoms with Crippen molar-refractivity contribution in [2.75, 3.05) is 51.9 Å². The SMILES string of the molecule is CC(C)COCC(/C(F)=C/CC(C)C(C)[S+]([O-])NC(=O)c1ccc(OCC2CCCc3cc(Cl)ccc32)c(N(C)C)c1)N1CCC1. The molecular weight excluding hydrogens is 625 g/mol. The monoisotopic (exact) mass is 675 g/mol. The van der Waals surface area contributed by atoms with E-state index in [1.54, 1.807) is 24.3 Å². The van der Waals surface area contributed by atoms with Gasteiger partial charge in [-0.15, -0.1) is 0 Å². The van der Waals surface area contributed by atoms with E-state index in [0.717, 1.165) is 49.5 Å². The van der Waals surface area contributed by atoms with Gasteiger partial charge in [-0.25, -0.2) is 4.39 Å². The van der Waals surface area contributed by atoms with Gasteiger partial charge in [-0.2, -0.15) is 4.72 Å². The Morgan fingerprint density at radius 2 is 1.91 bits per heavy atom. The van der Waals surface area contributed by atoms with Gasteiger partial charge in [0.25, 0.3) is 5.91 Å². The van der Waals surface area contributed by atoms with Crippen molar-refractivity contribution < 1.29 is 23.2 Å². The molecule has 2 aliphatic rings. The molecule has 0 radical (unpaired) electrons. The molecule has 10 heteroatoms. The second-order valence-corrected chi connectivity index (χ2v) is 15.4. The van der Waals surface area contributed by atoms with E-state index in [4.69, 9.17) is 21.1 Å². The molecule has 1 saturated heterocycles. The van der Waals surface area contributed by atoms with Crippen LogP contribution in [0.1, 0.15) is 80.8 Å². The highest BCUT2D eigenvalue weighted by Gasteiger charge is 2.30. The largest absolute Gasteiger partial charge is 0.593 e. The number of anilines is 1. The molecule has 0 bridgehead atoms. The number of amides is 1. The number of allylic oxidation sites excluding steroid dienone is 1. The normalized spacial score (nSPS) is 19.5. The fourth-order valence-corrected chi connectivity index (χ4v) is 7.10. The van der Waals surface area contributed by atoms with E-state index in [2.05, 4.69) is 35.6 Å². The molecule has 254 valence electrons. The number of carbonyl (C=O) groups excluding carboxylic acids is 1. The van der Waals surface area contributed by atoms with Crippen LogP contribution in [0.15, 0.2) is 48.3 Å². The summed E-state index contributed by atoms with van der Waals surface area (Å²) in [6.07, 6.45) is 6.25. The van der Waals surface area contributed by atoms with Crippen LogP contribution < -0.4 is 14.4 Å². The highest BCUT2D eigenvalue weighted by atomic mass is 35.5. The summed E-state index contributed by atoms with van der Waals surface area (Å²) in [6.45, 7) is 11.1. The molecule has 4 rings (SSSR count). The first kappa shape index (κ1) is 36.5. The van der Waals surface area contributed by atoms with Crippen molar-refractivity contribution in [3.8, 4) is 5.75 Å². The summed E-state index contributed by atoms with van der Waals surface area (Å²) in [5.74, 6) is 0.606. The van der Waals surface area contributed by atoms with Crippen LogP contribution in [-0.2, 0) is 22.5 Å². The Morgan fingerprint density at radius 3 is 2.59 bits per heavy atom. The molecular formula is C36H51ClFN3O4S. The lowest BCUT2D eigenvalue weighted by Crippen LogP contribution is -2.48. The van der Waals surface area contributed by atoms with Gasteiger partial charge in [0.05, 0.1) is 36.3 Å². The zero-order valence-electron chi connectivity index (χ0n) is 28.2. The Balaban J connectivity index is 1.33. The number of carbonyl (C=O) groups is 1. The van der Waals surface area contributed by atoms with Crippen molar-refractivity contribution in [2.45, 2.75) is 77.0 Å². The summed E-state index contributed by atoms with van der Waals surface area (Å²) in [7, 11) is 3.80. The number of likely N-dealkylation sites (tertiary alicyclic amines) is 1. The lowest BCUT2D eigenvalue weighted by Gasteiger charge is -2.37. The maximum Gasteiger partial charge on any atom is 0.292 e. The molecule has 1 amide bonds. The van der Waals surface area contributed by atoms with Crippen molar-refractivity contribution in [3.05, 3.63) is 70.0 Å². The number of benzene rings is 2. The molecule has 1 fully saturated rings. The number of fused-ring (bicyclic) bond motifs is 1. The van der Waals surface area contributed by atoms with Gasteiger partial charge in [0.2, 0.25) is 0 Å². The third-order valence-electron chi connectivity index (χ3n) is 9.08. The van der Waals surface area contributed by atoms with E-state index in [1.807, 2.05) is 38.9 Å². The lowest BCUT2D eigenvalue weighted by atomic mass is 9.83. The number of hydrogen-bond acceptors (Lipinski definition) is 6. The number of aryl methyl sites for hydroxylation is 1. The molecule has 1 aliphatic carbocycles. The zero-order valence-corrected chi connectivity index (χ0v) is 29.8. The van der Waals surface area contributed by atoms with Crippen molar-refractivity contribution in [2.24, 2.45) is 11.8 Å². The Bertz CT molecular complexity index is 1340. The second-order valence-electron chi connectivity index (χ2n) is 13.4. The quantitative estimate of drug-likeness (QED) is 0.188. The van der Waals surface area contributed by atoms with Crippen molar-refractivity contribution >= 4 is 34.6 Å². The Labute approximate surface area is 283 Å². The molecule has 1 aliphatic heterocycles. The summed E-state index contributed by atoms with van der Waals surface area (Å²) in [4.78, 5) is 17.2. The number of halogens is 2. The summed E-state index contributed by atoms with van der Waals surface area (Å²) in [5, 5.41) is 0.380. The highest BCUT2D eigenvalue weighted by Crippen LogP contribution is 2.35. The average molecular weight is 676 g/mol. The van der Waals surface area contributed by atoms with Gasteiger partial charge in [0, 0.05) is 56.2 Å². The summed E-state index contributed by atoms with van der Waals surface area (Å²) < 4.78 is 43.2. The van der Waals surface area contributed by atoms with Crippen LogP contribution in [0.2, 0.25) is 5.02 Å². The molecule has 1 heterocycles. The first-order valence-corrected chi connectivity index (χ1v) is 18.1. The van der Waals surface area contributed by atoms with Gasteiger partial charge in [-0.3, -0.25) is 9.69 Å². The summed E-state index contributed by atoms with van der Waals surface area (Å²) in [5.41, 5.74) is 3.73. The lowest BCUT2D eigenvalue weighted by molar-refractivity contribution is 0.0273. The van der Waals surface area contributed by atoms with Crippen LogP contribution in [0.5, 0.6) is 5.75 Å². The van der Waals surface area contributed by atoms with E-state index >= 15 is 4.39 Å². The molecule has 5 unspecified atom stereocenters. The predicted octanol–water partition coefficient (Wildman–Crippen LogP) is 7.31. The average Bonchev–Trinajstić information content (AvgIpc) is 3.00. The highest BCUT2D eigenvalue weighted by molar-refractivity contribution is 7.90. The van der Waals surface area contributed by atoms with Crippen LogP contribution in [0, 0.1) is 11.8 Å². The van der Waals surface area contributed by atoms with E-state index < -0.39 is 17.3 Å². The van der Waals surface area contributed by atoms with Gasteiger partial charge in [-0.05, 0) is 86.4 Å². The smallest absolute Gasteiger partial charge is 0.292 e. The number of hydrogen-bond donors (Lipinski definition) is 1. The van der Waals surface area contributed by atoms with Gasteiger partial charge >= 0.3 is 0 Å². The van der Waals surface area contributed by atoms with Crippen LogP contribution >= 0.6 is 11.6 Å². The molecule has 0 aromatic heterocycles. The number of nitrogens with zero attached hydrogens (tertiary/aromatic N) is 2. The number of rotatable bonds is 16. The predicted molar refractivity (Wildman–Crippen MR) is 187 cm³/mol. The van der Waals surface area contributed by atoms with Crippen LogP contribution in [-0.4, -0.2) is 73.7 Å². The number of ether oxygens (including phenoxy) is 2. The van der Waals surface area contributed by atoms with Gasteiger partial charge in [0.15, 0.2) is 0 Å². The molecule has 2 aromatic carbocycles. The number of nitrogens with one attached hydrogen (secondary N) is 1. The van der Waals surface area contributed by atoms with E-state index in [0.29, 0.717) is 43.5 Å². The Hall–Kier alpha value is -2.30. The maximum absolute atomic E-state index is 15.3. The zero-order chi connectivity index (χ0) is 33.4. The van der Waals surface area contributed by atoms with Crippen LogP contribution in [0.4, 0.5) is 10.1 Å². The molecule has 0 spiro atoms. The minimum absolute atomic E-state index is 0.116. The summed E-state index contributed by atoms with van der Waals surface area (Å²) in [6, 6.07) is 11.0. The molecule has 0 saturated carbocycles. The van der Waals surface area contributed by atoms with Crippen LogP contribution in [0.3, 0.4) is 0 Å². The van der Waals surface area contributed by atoms with E-state index in [1.165, 1.54) is 11.1 Å². The van der Waals surface area contributed by atoms with E-state index in [-0.39, 0.29) is 29.0 Å². The topological polar surface area (TPSA) is 77.1 Å². The molecule has 2 aromatic rings. The third-order valence-corrected chi connectivity index (χ3v) is 10.8. The molecule has 46 heavy (non-hydrogen) atoms. The Morgan fingerprint density at radius 1 is 1.15 bits per heavy atom. The first-order valence-electron chi connectivity index (χ1n) is 16.6. The van der Waals surface area contributed by atoms with Gasteiger partial charge in [0.1, 0.15) is 16.8 Å². The van der Waals surface area contributed by atoms with Gasteiger partial charge in [-0.1, -0.05) is 44.5 Å². The minimum atomic E-state index is -1.65. The maximum atomic E-state index is 15.3. The minimum Gasteiger partial charge on any atom is -0.593 e. The second kappa shape index (κ2) is 17.2. The van der Waals surface area contributed by atoms with Crippen molar-refractivity contribution in [1.82, 2.24) is 9.62 Å². The standard InChI is InChI=1S/C36H51ClFN3O4S/c1-24(2)21-44-23-34(41-17-8-18-41)32(38)15-11-25(3)26(4)46(43)39-36(42)28-12-16-35(33(20-28)40(5)6)45-22-29-10-7-9-27-19-30(37)13-14-31(27)29/h12-16,19-20,24-26,29,34H,7-11,17-18,21-23H2,1-6H3,(H,39,42)/b32-15-. The molecule has 1 N–H and O–H groups in total. The van der Waals surface area contributed by atoms with Crippen molar-refractivity contribution in [1.29, 1.82) is 0 Å². The van der Waals surface area contributed by atoms with Gasteiger partial charge < -0.3 is 18.9 Å². The third kappa shape index (κ3) is 9.86. The fourth-order valence-electron chi connectivity index (χ4n) is 5.88. The first-order chi connectivity index (χ1) is 21.9. The van der Waals surface area contributed by atoms with Crippen molar-refractivity contribution in [3.63, 3.8) is 0 Å². The molecule has 7 nitrogen and oxygen atoms in total. The van der Waals surface area contributed by atoms with Crippen LogP contribution in [0.25, 0.3) is 0 Å². The fraction of sp³-hybridized carbons (Fsp3) is 0.583. The van der Waals surface area contributed by atoms with E-state index in [9.17, 15) is 9.35 Å².